The number of piperazine rings is 1. The van der Waals surface area contributed by atoms with E-state index in [1.54, 1.807) is 6.20 Å². The number of hydrogen-bond acceptors (Lipinski definition) is 4. The number of anilines is 1. The monoisotopic (exact) mass is 284 g/mol. The molecule has 5 heteroatoms. The lowest BCUT2D eigenvalue weighted by molar-refractivity contribution is -0.117. The van der Waals surface area contributed by atoms with Gasteiger partial charge in [-0.1, -0.05) is 6.07 Å². The predicted octanol–water partition coefficient (Wildman–Crippen LogP) is 1.47. The average Bonchev–Trinajstić information content (AvgIpc) is 2.47. The van der Waals surface area contributed by atoms with Crippen molar-refractivity contribution in [1.29, 1.82) is 0 Å². The van der Waals surface area contributed by atoms with Gasteiger partial charge in [0.2, 0.25) is 5.91 Å². The molecule has 2 aromatic rings. The zero-order valence-electron chi connectivity index (χ0n) is 12.2. The molecule has 2 N–H and O–H groups in total. The van der Waals surface area contributed by atoms with Crippen molar-refractivity contribution in [3.05, 3.63) is 36.5 Å². The van der Waals surface area contributed by atoms with Crippen LogP contribution in [0.4, 0.5) is 5.69 Å². The number of aromatic nitrogens is 1. The van der Waals surface area contributed by atoms with Crippen molar-refractivity contribution in [3.63, 3.8) is 0 Å². The van der Waals surface area contributed by atoms with Gasteiger partial charge in [-0.3, -0.25) is 14.7 Å². The molecule has 0 radical (unpaired) electrons. The molecule has 2 heterocycles. The van der Waals surface area contributed by atoms with Gasteiger partial charge in [-0.15, -0.1) is 0 Å². The minimum Gasteiger partial charge on any atom is -0.324 e. The van der Waals surface area contributed by atoms with E-state index in [0.717, 1.165) is 36.2 Å². The van der Waals surface area contributed by atoms with Gasteiger partial charge in [0.25, 0.3) is 0 Å². The van der Waals surface area contributed by atoms with Crippen LogP contribution in [0, 0.1) is 0 Å². The van der Waals surface area contributed by atoms with E-state index < -0.39 is 0 Å². The van der Waals surface area contributed by atoms with Crippen LogP contribution >= 0.6 is 0 Å². The van der Waals surface area contributed by atoms with E-state index in [1.807, 2.05) is 30.3 Å². The number of benzene rings is 1. The molecular formula is C16H20N4O. The van der Waals surface area contributed by atoms with Gasteiger partial charge in [-0.25, -0.2) is 0 Å². The molecule has 0 spiro atoms. The Balaban J connectivity index is 1.69. The standard InChI is InChI=1S/C16H20N4O/c1-12-10-20(9-8-17-12)11-16(21)19-15-6-2-5-14-13(15)4-3-7-18-14/h2-7,12,17H,8-11H2,1H3,(H,19,21)/t12-/m1/s1. The van der Waals surface area contributed by atoms with Crippen molar-refractivity contribution in [3.8, 4) is 0 Å². The molecule has 110 valence electrons. The third-order valence-corrected chi connectivity index (χ3v) is 3.74. The third kappa shape index (κ3) is 3.37. The quantitative estimate of drug-likeness (QED) is 0.896. The van der Waals surface area contributed by atoms with E-state index in [2.05, 4.69) is 27.4 Å². The number of nitrogens with zero attached hydrogens (tertiary/aromatic N) is 2. The summed E-state index contributed by atoms with van der Waals surface area (Å²) in [6.07, 6.45) is 1.76. The molecule has 0 unspecified atom stereocenters. The highest BCUT2D eigenvalue weighted by Crippen LogP contribution is 2.21. The van der Waals surface area contributed by atoms with Crippen LogP contribution in [-0.4, -0.2) is 48.0 Å². The molecule has 1 aliphatic rings. The van der Waals surface area contributed by atoms with Crippen molar-refractivity contribution in [2.75, 3.05) is 31.5 Å². The third-order valence-electron chi connectivity index (χ3n) is 3.74. The summed E-state index contributed by atoms with van der Waals surface area (Å²) >= 11 is 0. The number of pyridine rings is 1. The molecule has 5 nitrogen and oxygen atoms in total. The van der Waals surface area contributed by atoms with Crippen LogP contribution in [0.5, 0.6) is 0 Å². The highest BCUT2D eigenvalue weighted by atomic mass is 16.2. The summed E-state index contributed by atoms with van der Waals surface area (Å²) in [7, 11) is 0. The van der Waals surface area contributed by atoms with Crippen molar-refractivity contribution in [2.24, 2.45) is 0 Å². The number of fused-ring (bicyclic) bond motifs is 1. The van der Waals surface area contributed by atoms with E-state index in [1.165, 1.54) is 0 Å². The fraction of sp³-hybridized carbons (Fsp3) is 0.375. The summed E-state index contributed by atoms with van der Waals surface area (Å²) in [4.78, 5) is 18.7. The maximum Gasteiger partial charge on any atom is 0.238 e. The van der Waals surface area contributed by atoms with E-state index in [0.29, 0.717) is 12.6 Å². The Morgan fingerprint density at radius 2 is 2.33 bits per heavy atom. The van der Waals surface area contributed by atoms with Crippen LogP contribution in [0.2, 0.25) is 0 Å². The van der Waals surface area contributed by atoms with E-state index in [-0.39, 0.29) is 5.91 Å². The predicted molar refractivity (Wildman–Crippen MR) is 84.3 cm³/mol. The minimum absolute atomic E-state index is 0.0282. The lowest BCUT2D eigenvalue weighted by atomic mass is 10.2. The molecule has 3 rings (SSSR count). The number of amides is 1. The minimum atomic E-state index is 0.0282. The van der Waals surface area contributed by atoms with Crippen LogP contribution in [0.25, 0.3) is 10.9 Å². The molecule has 1 aromatic heterocycles. The van der Waals surface area contributed by atoms with Crippen LogP contribution < -0.4 is 10.6 Å². The molecule has 0 aliphatic carbocycles. The van der Waals surface area contributed by atoms with E-state index >= 15 is 0 Å². The molecule has 0 saturated carbocycles. The molecule has 21 heavy (non-hydrogen) atoms. The second-order valence-electron chi connectivity index (χ2n) is 5.51. The summed E-state index contributed by atoms with van der Waals surface area (Å²) in [5.74, 6) is 0.0282. The van der Waals surface area contributed by atoms with Crippen LogP contribution in [0.3, 0.4) is 0 Å². The Kier molecular flexibility index (Phi) is 4.13. The molecule has 0 bridgehead atoms. The topological polar surface area (TPSA) is 57.3 Å². The van der Waals surface area contributed by atoms with Gasteiger partial charge in [0.05, 0.1) is 17.7 Å². The Hall–Kier alpha value is -1.98. The van der Waals surface area contributed by atoms with Gasteiger partial charge in [-0.2, -0.15) is 0 Å². The van der Waals surface area contributed by atoms with Crippen molar-refractivity contribution in [1.82, 2.24) is 15.2 Å². The van der Waals surface area contributed by atoms with Crippen molar-refractivity contribution in [2.45, 2.75) is 13.0 Å². The summed E-state index contributed by atoms with van der Waals surface area (Å²) in [6.45, 7) is 5.33. The second kappa shape index (κ2) is 6.20. The molecule has 1 aliphatic heterocycles. The number of carbonyl (C=O) groups excluding carboxylic acids is 1. The second-order valence-corrected chi connectivity index (χ2v) is 5.51. The first-order valence-corrected chi connectivity index (χ1v) is 7.32. The highest BCUT2D eigenvalue weighted by Gasteiger charge is 2.18. The molecule has 1 saturated heterocycles. The zero-order chi connectivity index (χ0) is 14.7. The maximum absolute atomic E-state index is 12.2. The van der Waals surface area contributed by atoms with Gasteiger partial charge in [0.15, 0.2) is 0 Å². The molecule has 1 fully saturated rings. The Bertz CT molecular complexity index is 638. The zero-order valence-corrected chi connectivity index (χ0v) is 12.2. The van der Waals surface area contributed by atoms with Gasteiger partial charge in [-0.05, 0) is 31.2 Å². The van der Waals surface area contributed by atoms with Gasteiger partial charge >= 0.3 is 0 Å². The molecule has 1 aromatic carbocycles. The number of carbonyl (C=O) groups is 1. The maximum atomic E-state index is 12.2. The van der Waals surface area contributed by atoms with Gasteiger partial charge < -0.3 is 10.6 Å². The fourth-order valence-corrected chi connectivity index (χ4v) is 2.76. The van der Waals surface area contributed by atoms with Crippen LogP contribution in [0.15, 0.2) is 36.5 Å². The Morgan fingerprint density at radius 3 is 3.19 bits per heavy atom. The summed E-state index contributed by atoms with van der Waals surface area (Å²) < 4.78 is 0. The molecular weight excluding hydrogens is 264 g/mol. The van der Waals surface area contributed by atoms with Gasteiger partial charge in [0.1, 0.15) is 0 Å². The average molecular weight is 284 g/mol. The van der Waals surface area contributed by atoms with Gasteiger partial charge in [0, 0.05) is 37.3 Å². The first-order valence-electron chi connectivity index (χ1n) is 7.32. The number of nitrogens with one attached hydrogen (secondary N) is 2. The highest BCUT2D eigenvalue weighted by molar-refractivity contribution is 6.01. The molecule has 1 atom stereocenters. The Labute approximate surface area is 124 Å². The smallest absolute Gasteiger partial charge is 0.238 e. The first-order chi connectivity index (χ1) is 10.2. The normalized spacial score (nSPS) is 19.6. The Morgan fingerprint density at radius 1 is 1.43 bits per heavy atom. The van der Waals surface area contributed by atoms with Crippen molar-refractivity contribution >= 4 is 22.5 Å². The summed E-state index contributed by atoms with van der Waals surface area (Å²) in [6, 6.07) is 10.1. The number of hydrogen-bond donors (Lipinski definition) is 2. The van der Waals surface area contributed by atoms with Crippen molar-refractivity contribution < 1.29 is 4.79 Å². The van der Waals surface area contributed by atoms with Crippen LogP contribution in [0.1, 0.15) is 6.92 Å². The summed E-state index contributed by atoms with van der Waals surface area (Å²) in [5, 5.41) is 7.36. The van der Waals surface area contributed by atoms with E-state index in [9.17, 15) is 4.79 Å². The number of rotatable bonds is 3. The summed E-state index contributed by atoms with van der Waals surface area (Å²) in [5.41, 5.74) is 1.72. The van der Waals surface area contributed by atoms with Crippen LogP contribution in [-0.2, 0) is 4.79 Å². The van der Waals surface area contributed by atoms with E-state index in [4.69, 9.17) is 0 Å². The lowest BCUT2D eigenvalue weighted by Crippen LogP contribution is -2.51. The largest absolute Gasteiger partial charge is 0.324 e. The lowest BCUT2D eigenvalue weighted by Gasteiger charge is -2.31. The SMILES string of the molecule is C[C@@H]1CN(CC(=O)Nc2cccc3ncccc23)CCN1. The molecule has 1 amide bonds. The first kappa shape index (κ1) is 14.0. The fourth-order valence-electron chi connectivity index (χ4n) is 2.76.